The van der Waals surface area contributed by atoms with Crippen LogP contribution in [0.1, 0.15) is 11.4 Å². The first-order valence-electron chi connectivity index (χ1n) is 3.27. The number of hydrogen-bond acceptors (Lipinski definition) is 5. The molecule has 0 aliphatic carbocycles. The van der Waals surface area contributed by atoms with Gasteiger partial charge in [0.15, 0.2) is 5.56 Å². The van der Waals surface area contributed by atoms with Crippen molar-refractivity contribution >= 4 is 5.82 Å². The smallest absolute Gasteiger partial charge is 0.237 e. The van der Waals surface area contributed by atoms with E-state index in [4.69, 9.17) is 15.7 Å². The van der Waals surface area contributed by atoms with E-state index in [-0.39, 0.29) is 17.3 Å². The minimum absolute atomic E-state index is 0.154. The maximum Gasteiger partial charge on any atom is 0.237 e. The molecule has 0 aliphatic rings. The Kier molecular flexibility index (Phi) is 2.10. The normalized spacial score (nSPS) is 9.08. The van der Waals surface area contributed by atoms with E-state index in [0.717, 1.165) is 0 Å². The number of ether oxygens (including phenoxy) is 1. The molecular weight excluding hydrogens is 156 g/mol. The van der Waals surface area contributed by atoms with E-state index < -0.39 is 0 Å². The highest BCUT2D eigenvalue weighted by molar-refractivity contribution is 5.53. The zero-order valence-electron chi connectivity index (χ0n) is 6.83. The van der Waals surface area contributed by atoms with Crippen LogP contribution in [-0.4, -0.2) is 17.1 Å². The first-order valence-corrected chi connectivity index (χ1v) is 3.27. The van der Waals surface area contributed by atoms with Gasteiger partial charge in [0.05, 0.1) is 7.11 Å². The molecule has 62 valence electrons. The van der Waals surface area contributed by atoms with Crippen LogP contribution in [0.2, 0.25) is 0 Å². The van der Waals surface area contributed by atoms with Gasteiger partial charge in [0, 0.05) is 0 Å². The van der Waals surface area contributed by atoms with E-state index in [1.807, 2.05) is 6.07 Å². The summed E-state index contributed by atoms with van der Waals surface area (Å²) < 4.78 is 4.84. The zero-order chi connectivity index (χ0) is 9.14. The number of anilines is 1. The van der Waals surface area contributed by atoms with Gasteiger partial charge in [-0.1, -0.05) is 0 Å². The highest BCUT2D eigenvalue weighted by atomic mass is 16.5. The molecule has 5 nitrogen and oxygen atoms in total. The van der Waals surface area contributed by atoms with Crippen LogP contribution in [0.3, 0.4) is 0 Å². The highest BCUT2D eigenvalue weighted by Gasteiger charge is 2.09. The Labute approximate surface area is 69.8 Å². The molecule has 0 saturated carbocycles. The molecule has 1 rings (SSSR count). The molecule has 0 spiro atoms. The lowest BCUT2D eigenvalue weighted by Gasteiger charge is -2.03. The predicted molar refractivity (Wildman–Crippen MR) is 42.4 cm³/mol. The standard InChI is InChI=1S/C7H8N4O/c1-4-10-6(9)5(3-8)7(11-4)12-2/h1-2H3,(H2,9,10,11). The van der Waals surface area contributed by atoms with Crippen LogP contribution in [-0.2, 0) is 0 Å². The molecule has 0 amide bonds. The van der Waals surface area contributed by atoms with Crippen molar-refractivity contribution < 1.29 is 4.74 Å². The summed E-state index contributed by atoms with van der Waals surface area (Å²) in [5.41, 5.74) is 5.64. The van der Waals surface area contributed by atoms with E-state index in [1.54, 1.807) is 6.92 Å². The Hall–Kier alpha value is -1.83. The third kappa shape index (κ3) is 1.27. The van der Waals surface area contributed by atoms with Crippen LogP contribution in [0.25, 0.3) is 0 Å². The molecule has 0 aromatic carbocycles. The molecule has 0 aliphatic heterocycles. The monoisotopic (exact) mass is 164 g/mol. The van der Waals surface area contributed by atoms with Crippen LogP contribution in [0.4, 0.5) is 5.82 Å². The van der Waals surface area contributed by atoms with Crippen LogP contribution in [0, 0.1) is 18.3 Å². The van der Waals surface area contributed by atoms with Crippen LogP contribution in [0.15, 0.2) is 0 Å². The highest BCUT2D eigenvalue weighted by Crippen LogP contribution is 2.18. The fourth-order valence-electron chi connectivity index (χ4n) is 0.820. The summed E-state index contributed by atoms with van der Waals surface area (Å²) in [6, 6.07) is 1.87. The van der Waals surface area contributed by atoms with Gasteiger partial charge < -0.3 is 10.5 Å². The molecule has 12 heavy (non-hydrogen) atoms. The maximum absolute atomic E-state index is 8.63. The molecule has 2 N–H and O–H groups in total. The molecule has 0 unspecified atom stereocenters. The summed E-state index contributed by atoms with van der Waals surface area (Å²) >= 11 is 0. The molecule has 0 bridgehead atoms. The Balaban J connectivity index is 3.36. The SMILES string of the molecule is COc1nc(C)nc(N)c1C#N. The lowest BCUT2D eigenvalue weighted by Crippen LogP contribution is -2.02. The molecule has 1 aromatic rings. The van der Waals surface area contributed by atoms with Gasteiger partial charge >= 0.3 is 0 Å². The number of aryl methyl sites for hydroxylation is 1. The first kappa shape index (κ1) is 8.27. The third-order valence-corrected chi connectivity index (χ3v) is 1.32. The molecule has 0 atom stereocenters. The predicted octanol–water partition coefficient (Wildman–Crippen LogP) is 0.248. The summed E-state index contributed by atoms with van der Waals surface area (Å²) in [6.07, 6.45) is 0. The van der Waals surface area contributed by atoms with Gasteiger partial charge in [0.25, 0.3) is 0 Å². The first-order chi connectivity index (χ1) is 5.69. The van der Waals surface area contributed by atoms with Crippen molar-refractivity contribution in [2.24, 2.45) is 0 Å². The van der Waals surface area contributed by atoms with Crippen LogP contribution < -0.4 is 10.5 Å². The van der Waals surface area contributed by atoms with E-state index in [2.05, 4.69) is 9.97 Å². The third-order valence-electron chi connectivity index (χ3n) is 1.32. The number of methoxy groups -OCH3 is 1. The van der Waals surface area contributed by atoms with Crippen molar-refractivity contribution in [3.8, 4) is 11.9 Å². The van der Waals surface area contributed by atoms with Crippen molar-refractivity contribution in [3.05, 3.63) is 11.4 Å². The second-order valence-corrected chi connectivity index (χ2v) is 2.15. The fraction of sp³-hybridized carbons (Fsp3) is 0.286. The van der Waals surface area contributed by atoms with Gasteiger partial charge in [-0.05, 0) is 6.92 Å². The molecule has 0 radical (unpaired) electrons. The van der Waals surface area contributed by atoms with E-state index in [1.165, 1.54) is 7.11 Å². The second kappa shape index (κ2) is 3.05. The van der Waals surface area contributed by atoms with Crippen LogP contribution in [0.5, 0.6) is 5.88 Å². The number of nitrogens with two attached hydrogens (primary N) is 1. The second-order valence-electron chi connectivity index (χ2n) is 2.15. The topological polar surface area (TPSA) is 84.8 Å². The Morgan fingerprint density at radius 3 is 2.67 bits per heavy atom. The number of hydrogen-bond donors (Lipinski definition) is 1. The summed E-state index contributed by atoms with van der Waals surface area (Å²) in [5.74, 6) is 0.868. The van der Waals surface area contributed by atoms with Crippen molar-refractivity contribution in [1.29, 1.82) is 5.26 Å². The summed E-state index contributed by atoms with van der Waals surface area (Å²) in [4.78, 5) is 7.70. The molecular formula is C7H8N4O. The Morgan fingerprint density at radius 1 is 1.50 bits per heavy atom. The lowest BCUT2D eigenvalue weighted by molar-refractivity contribution is 0.394. The molecule has 1 aromatic heterocycles. The lowest BCUT2D eigenvalue weighted by atomic mass is 10.3. The molecule has 0 fully saturated rings. The maximum atomic E-state index is 8.63. The number of nitriles is 1. The molecule has 0 saturated heterocycles. The van der Waals surface area contributed by atoms with E-state index in [9.17, 15) is 0 Å². The largest absolute Gasteiger partial charge is 0.480 e. The van der Waals surface area contributed by atoms with Gasteiger partial charge in [-0.2, -0.15) is 10.2 Å². The van der Waals surface area contributed by atoms with Gasteiger partial charge in [-0.15, -0.1) is 0 Å². The van der Waals surface area contributed by atoms with E-state index in [0.29, 0.717) is 5.82 Å². The van der Waals surface area contributed by atoms with Gasteiger partial charge in [-0.25, -0.2) is 4.98 Å². The minimum atomic E-state index is 0.154. The Bertz CT molecular complexity index is 342. The average Bonchev–Trinajstić information content (AvgIpc) is 2.03. The van der Waals surface area contributed by atoms with Gasteiger partial charge in [-0.3, -0.25) is 0 Å². The average molecular weight is 164 g/mol. The summed E-state index contributed by atoms with van der Waals surface area (Å²) in [5, 5.41) is 8.63. The van der Waals surface area contributed by atoms with Gasteiger partial charge in [0.2, 0.25) is 5.88 Å². The molecule has 1 heterocycles. The summed E-state index contributed by atoms with van der Waals surface area (Å²) in [7, 11) is 1.43. The number of rotatable bonds is 1. The number of nitrogens with zero attached hydrogens (tertiary/aromatic N) is 3. The molecule has 5 heteroatoms. The minimum Gasteiger partial charge on any atom is -0.480 e. The van der Waals surface area contributed by atoms with Crippen molar-refractivity contribution in [2.45, 2.75) is 6.92 Å². The van der Waals surface area contributed by atoms with Gasteiger partial charge in [0.1, 0.15) is 17.7 Å². The zero-order valence-corrected chi connectivity index (χ0v) is 6.83. The van der Waals surface area contributed by atoms with E-state index >= 15 is 0 Å². The quantitative estimate of drug-likeness (QED) is 0.642. The van der Waals surface area contributed by atoms with Crippen molar-refractivity contribution in [3.63, 3.8) is 0 Å². The summed E-state index contributed by atoms with van der Waals surface area (Å²) in [6.45, 7) is 1.68. The number of aromatic nitrogens is 2. The fourth-order valence-corrected chi connectivity index (χ4v) is 0.820. The number of nitrogen functional groups attached to an aromatic ring is 1. The Morgan fingerprint density at radius 2 is 2.17 bits per heavy atom. The van der Waals surface area contributed by atoms with Crippen LogP contribution >= 0.6 is 0 Å². The van der Waals surface area contributed by atoms with Crippen molar-refractivity contribution in [1.82, 2.24) is 9.97 Å². The van der Waals surface area contributed by atoms with Crippen molar-refractivity contribution in [2.75, 3.05) is 12.8 Å².